The van der Waals surface area contributed by atoms with Crippen LogP contribution in [0.15, 0.2) is 85.2 Å². The minimum Gasteiger partial charge on any atom is -0.366 e. The Morgan fingerprint density at radius 2 is 1.55 bits per heavy atom. The average molecular weight is 381 g/mol. The van der Waals surface area contributed by atoms with Crippen molar-refractivity contribution in [2.24, 2.45) is 0 Å². The Morgan fingerprint density at radius 1 is 0.759 bits per heavy atom. The summed E-state index contributed by atoms with van der Waals surface area (Å²) in [4.78, 5) is 13.5. The standard InChI is InChI=1S/C24H23N5/c1-18-9-11-19(12-10-18)16-27-24-28-22(21-7-3-2-4-8-21)14-23(29-24)26-17-20-6-5-13-25-15-20/h2-15H,16-17H2,1H3,(H2,26,27,28,29). The van der Waals surface area contributed by atoms with E-state index in [4.69, 9.17) is 4.98 Å². The van der Waals surface area contributed by atoms with Crippen LogP contribution in [-0.2, 0) is 13.1 Å². The van der Waals surface area contributed by atoms with E-state index in [1.54, 1.807) is 6.20 Å². The molecule has 2 N–H and O–H groups in total. The first-order chi connectivity index (χ1) is 14.3. The van der Waals surface area contributed by atoms with Crippen molar-refractivity contribution in [2.75, 3.05) is 10.6 Å². The second-order valence-corrected chi connectivity index (χ2v) is 6.88. The molecule has 0 aliphatic carbocycles. The third kappa shape index (κ3) is 5.17. The molecule has 0 atom stereocenters. The maximum atomic E-state index is 4.72. The van der Waals surface area contributed by atoms with Gasteiger partial charge in [0.15, 0.2) is 0 Å². The lowest BCUT2D eigenvalue weighted by atomic mass is 10.1. The summed E-state index contributed by atoms with van der Waals surface area (Å²) in [5.41, 5.74) is 5.46. The number of benzene rings is 2. The molecule has 0 aliphatic rings. The monoisotopic (exact) mass is 381 g/mol. The molecule has 0 fully saturated rings. The van der Waals surface area contributed by atoms with Gasteiger partial charge in [-0.3, -0.25) is 4.98 Å². The van der Waals surface area contributed by atoms with E-state index in [1.165, 1.54) is 11.1 Å². The van der Waals surface area contributed by atoms with Gasteiger partial charge in [-0.15, -0.1) is 0 Å². The molecule has 0 unspecified atom stereocenters. The zero-order valence-electron chi connectivity index (χ0n) is 16.3. The number of nitrogens with zero attached hydrogens (tertiary/aromatic N) is 3. The fourth-order valence-electron chi connectivity index (χ4n) is 2.96. The van der Waals surface area contributed by atoms with Crippen LogP contribution >= 0.6 is 0 Å². The first kappa shape index (κ1) is 18.6. The van der Waals surface area contributed by atoms with Gasteiger partial charge in [-0.2, -0.15) is 4.98 Å². The average Bonchev–Trinajstić information content (AvgIpc) is 2.78. The van der Waals surface area contributed by atoms with Crippen LogP contribution in [0.4, 0.5) is 11.8 Å². The molecule has 4 aromatic rings. The van der Waals surface area contributed by atoms with Crippen molar-refractivity contribution in [3.8, 4) is 11.3 Å². The number of anilines is 2. The van der Waals surface area contributed by atoms with Crippen molar-refractivity contribution >= 4 is 11.8 Å². The van der Waals surface area contributed by atoms with Crippen LogP contribution in [0.1, 0.15) is 16.7 Å². The van der Waals surface area contributed by atoms with E-state index >= 15 is 0 Å². The first-order valence-corrected chi connectivity index (χ1v) is 9.63. The number of hydrogen-bond acceptors (Lipinski definition) is 5. The molecule has 0 saturated carbocycles. The molecular formula is C24H23N5. The first-order valence-electron chi connectivity index (χ1n) is 9.63. The van der Waals surface area contributed by atoms with Crippen molar-refractivity contribution in [1.29, 1.82) is 0 Å². The second-order valence-electron chi connectivity index (χ2n) is 6.88. The van der Waals surface area contributed by atoms with Crippen LogP contribution in [-0.4, -0.2) is 15.0 Å². The molecule has 5 nitrogen and oxygen atoms in total. The van der Waals surface area contributed by atoms with Crippen molar-refractivity contribution in [3.05, 3.63) is 102 Å². The molecule has 0 spiro atoms. The smallest absolute Gasteiger partial charge is 0.225 e. The number of nitrogens with one attached hydrogen (secondary N) is 2. The van der Waals surface area contributed by atoms with Crippen molar-refractivity contribution in [1.82, 2.24) is 15.0 Å². The van der Waals surface area contributed by atoms with E-state index in [0.29, 0.717) is 19.0 Å². The van der Waals surface area contributed by atoms with Gasteiger partial charge in [0, 0.05) is 37.1 Å². The summed E-state index contributed by atoms with van der Waals surface area (Å²) < 4.78 is 0. The Balaban J connectivity index is 1.56. The number of hydrogen-bond donors (Lipinski definition) is 2. The molecular weight excluding hydrogens is 358 g/mol. The minimum absolute atomic E-state index is 0.598. The summed E-state index contributed by atoms with van der Waals surface area (Å²) in [6.45, 7) is 3.40. The molecule has 2 heterocycles. The highest BCUT2D eigenvalue weighted by Gasteiger charge is 2.07. The number of aryl methyl sites for hydroxylation is 1. The Morgan fingerprint density at radius 3 is 2.31 bits per heavy atom. The van der Waals surface area contributed by atoms with Crippen molar-refractivity contribution < 1.29 is 0 Å². The van der Waals surface area contributed by atoms with Gasteiger partial charge in [0.05, 0.1) is 5.69 Å². The van der Waals surface area contributed by atoms with Crippen LogP contribution in [0.5, 0.6) is 0 Å². The molecule has 144 valence electrons. The molecule has 0 bridgehead atoms. The molecule has 2 aromatic carbocycles. The second kappa shape index (κ2) is 8.97. The van der Waals surface area contributed by atoms with Gasteiger partial charge in [-0.1, -0.05) is 66.2 Å². The van der Waals surface area contributed by atoms with E-state index in [0.717, 1.165) is 22.6 Å². The topological polar surface area (TPSA) is 62.7 Å². The Hall–Kier alpha value is -3.73. The highest BCUT2D eigenvalue weighted by atomic mass is 15.1. The summed E-state index contributed by atoms with van der Waals surface area (Å²) >= 11 is 0. The quantitative estimate of drug-likeness (QED) is 0.468. The van der Waals surface area contributed by atoms with Gasteiger partial charge in [-0.25, -0.2) is 4.98 Å². The van der Waals surface area contributed by atoms with E-state index in [-0.39, 0.29) is 0 Å². The lowest BCUT2D eigenvalue weighted by Gasteiger charge is -2.12. The summed E-state index contributed by atoms with van der Waals surface area (Å²) in [7, 11) is 0. The minimum atomic E-state index is 0.598. The third-order valence-electron chi connectivity index (χ3n) is 4.56. The van der Waals surface area contributed by atoms with Crippen molar-refractivity contribution in [2.45, 2.75) is 20.0 Å². The van der Waals surface area contributed by atoms with Crippen LogP contribution in [0.25, 0.3) is 11.3 Å². The normalized spacial score (nSPS) is 10.5. The van der Waals surface area contributed by atoms with Gasteiger partial charge in [0.1, 0.15) is 5.82 Å². The van der Waals surface area contributed by atoms with Gasteiger partial charge in [0.25, 0.3) is 0 Å². The lowest BCUT2D eigenvalue weighted by Crippen LogP contribution is -2.08. The summed E-state index contributed by atoms with van der Waals surface area (Å²) in [5, 5.41) is 6.74. The predicted octanol–water partition coefficient (Wildman–Crippen LogP) is 5.07. The SMILES string of the molecule is Cc1ccc(CNc2nc(NCc3cccnc3)cc(-c3ccccc3)n2)cc1. The number of aromatic nitrogens is 3. The molecule has 29 heavy (non-hydrogen) atoms. The van der Waals surface area contributed by atoms with E-state index in [9.17, 15) is 0 Å². The van der Waals surface area contributed by atoms with Gasteiger partial charge < -0.3 is 10.6 Å². The molecule has 2 aromatic heterocycles. The van der Waals surface area contributed by atoms with Crippen molar-refractivity contribution in [3.63, 3.8) is 0 Å². The third-order valence-corrected chi connectivity index (χ3v) is 4.56. The Kier molecular flexibility index (Phi) is 5.76. The van der Waals surface area contributed by atoms with Crippen LogP contribution in [0, 0.1) is 6.92 Å². The summed E-state index contributed by atoms with van der Waals surface area (Å²) in [6.07, 6.45) is 3.62. The van der Waals surface area contributed by atoms with Crippen LogP contribution in [0.3, 0.4) is 0 Å². The molecule has 5 heteroatoms. The van der Waals surface area contributed by atoms with Gasteiger partial charge in [-0.05, 0) is 24.1 Å². The molecule has 0 saturated heterocycles. The fraction of sp³-hybridized carbons (Fsp3) is 0.125. The molecule has 0 aliphatic heterocycles. The Labute approximate surface area is 170 Å². The highest BCUT2D eigenvalue weighted by molar-refractivity contribution is 5.64. The summed E-state index contributed by atoms with van der Waals surface area (Å²) in [5.74, 6) is 1.37. The fourth-order valence-corrected chi connectivity index (χ4v) is 2.96. The van der Waals surface area contributed by atoms with E-state index < -0.39 is 0 Å². The maximum Gasteiger partial charge on any atom is 0.225 e. The zero-order chi connectivity index (χ0) is 19.9. The molecule has 0 amide bonds. The largest absolute Gasteiger partial charge is 0.366 e. The van der Waals surface area contributed by atoms with Crippen LogP contribution in [0.2, 0.25) is 0 Å². The van der Waals surface area contributed by atoms with Gasteiger partial charge >= 0.3 is 0 Å². The molecule has 0 radical (unpaired) electrons. The number of rotatable bonds is 7. The van der Waals surface area contributed by atoms with E-state index in [2.05, 4.69) is 63.9 Å². The van der Waals surface area contributed by atoms with Gasteiger partial charge in [0.2, 0.25) is 5.95 Å². The number of pyridine rings is 1. The Bertz CT molecular complexity index is 1050. The predicted molar refractivity (Wildman–Crippen MR) is 118 cm³/mol. The lowest BCUT2D eigenvalue weighted by molar-refractivity contribution is 1.03. The molecule has 4 rings (SSSR count). The van der Waals surface area contributed by atoms with E-state index in [1.807, 2.05) is 42.6 Å². The highest BCUT2D eigenvalue weighted by Crippen LogP contribution is 2.22. The maximum absolute atomic E-state index is 4.72. The summed E-state index contributed by atoms with van der Waals surface area (Å²) in [6, 6.07) is 24.5. The van der Waals surface area contributed by atoms with Crippen LogP contribution < -0.4 is 10.6 Å². The zero-order valence-corrected chi connectivity index (χ0v) is 16.3.